The van der Waals surface area contributed by atoms with E-state index in [1.165, 1.54) is 22.9 Å². The van der Waals surface area contributed by atoms with Crippen molar-refractivity contribution >= 4 is 5.69 Å². The van der Waals surface area contributed by atoms with Gasteiger partial charge in [0.2, 0.25) is 0 Å². The highest BCUT2D eigenvalue weighted by Gasteiger charge is 2.05. The molecule has 0 saturated carbocycles. The summed E-state index contributed by atoms with van der Waals surface area (Å²) in [7, 11) is 0. The second-order valence-corrected chi connectivity index (χ2v) is 5.11. The Morgan fingerprint density at radius 3 is 2.70 bits per heavy atom. The lowest BCUT2D eigenvalue weighted by molar-refractivity contribution is 0.616. The van der Waals surface area contributed by atoms with Crippen LogP contribution in [0.4, 0.5) is 10.1 Å². The molecule has 0 fully saturated rings. The molecule has 20 heavy (non-hydrogen) atoms. The molecule has 5 heteroatoms. The number of hydrogen-bond donors (Lipinski definition) is 1. The van der Waals surface area contributed by atoms with Gasteiger partial charge in [0.1, 0.15) is 5.82 Å². The lowest BCUT2D eigenvalue weighted by Gasteiger charge is -2.11. The molecule has 1 N–H and O–H groups in total. The molecule has 0 amide bonds. The fourth-order valence-corrected chi connectivity index (χ4v) is 1.96. The second kappa shape index (κ2) is 5.86. The Morgan fingerprint density at radius 1 is 1.35 bits per heavy atom. The van der Waals surface area contributed by atoms with Crippen LogP contribution in [0.5, 0.6) is 0 Å². The number of hydrogen-bond acceptors (Lipinski definition) is 3. The van der Waals surface area contributed by atoms with E-state index in [-0.39, 0.29) is 17.4 Å². The highest BCUT2D eigenvalue weighted by atomic mass is 19.1. The Kier molecular flexibility index (Phi) is 4.17. The van der Waals surface area contributed by atoms with E-state index >= 15 is 0 Å². The Morgan fingerprint density at radius 2 is 2.10 bits per heavy atom. The number of anilines is 1. The molecule has 0 spiro atoms. The summed E-state index contributed by atoms with van der Waals surface area (Å²) < 4.78 is 14.4. The summed E-state index contributed by atoms with van der Waals surface area (Å²) in [6.45, 7) is 6.14. The van der Waals surface area contributed by atoms with Crippen LogP contribution in [-0.4, -0.2) is 15.8 Å². The topological polar surface area (TPSA) is 46.9 Å². The lowest BCUT2D eigenvalue weighted by atomic mass is 10.1. The summed E-state index contributed by atoms with van der Waals surface area (Å²) in [6, 6.07) is 6.29. The van der Waals surface area contributed by atoms with E-state index in [0.29, 0.717) is 12.2 Å². The van der Waals surface area contributed by atoms with Gasteiger partial charge in [-0.1, -0.05) is 6.07 Å². The molecule has 0 atom stereocenters. The van der Waals surface area contributed by atoms with Gasteiger partial charge in [-0.15, -0.1) is 0 Å². The molecule has 106 valence electrons. The first-order valence-corrected chi connectivity index (χ1v) is 6.54. The van der Waals surface area contributed by atoms with Crippen LogP contribution in [0, 0.1) is 12.7 Å². The van der Waals surface area contributed by atoms with Crippen LogP contribution in [0.1, 0.15) is 25.0 Å². The number of halogens is 1. The van der Waals surface area contributed by atoms with Gasteiger partial charge in [0, 0.05) is 12.1 Å². The van der Waals surface area contributed by atoms with E-state index in [4.69, 9.17) is 0 Å². The monoisotopic (exact) mass is 275 g/mol. The van der Waals surface area contributed by atoms with Crippen molar-refractivity contribution in [3.63, 3.8) is 0 Å². The van der Waals surface area contributed by atoms with Crippen LogP contribution in [0.15, 0.2) is 35.3 Å². The largest absolute Gasteiger partial charge is 0.381 e. The van der Waals surface area contributed by atoms with Crippen LogP contribution < -0.4 is 10.9 Å². The molecule has 1 heterocycles. The molecule has 0 aliphatic rings. The molecule has 0 radical (unpaired) electrons. The Labute approximate surface area is 117 Å². The molecule has 0 aliphatic heterocycles. The zero-order valence-electron chi connectivity index (χ0n) is 11.9. The van der Waals surface area contributed by atoms with E-state index in [9.17, 15) is 9.18 Å². The molecular weight excluding hydrogens is 257 g/mol. The van der Waals surface area contributed by atoms with Crippen LogP contribution in [0.2, 0.25) is 0 Å². The number of aryl methyl sites for hydroxylation is 1. The predicted octanol–water partition coefficient (Wildman–Crippen LogP) is 2.56. The predicted molar refractivity (Wildman–Crippen MR) is 77.5 cm³/mol. The number of nitrogens with zero attached hydrogens (tertiary/aromatic N) is 2. The summed E-state index contributed by atoms with van der Waals surface area (Å²) >= 11 is 0. The molecule has 0 aliphatic carbocycles. The molecule has 1 aromatic heterocycles. The molecule has 0 unspecified atom stereocenters. The normalized spacial score (nSPS) is 10.8. The summed E-state index contributed by atoms with van der Waals surface area (Å²) in [5, 5.41) is 7.27. The number of aromatic nitrogens is 2. The Hall–Kier alpha value is -2.17. The third kappa shape index (κ3) is 3.44. The molecule has 1 aromatic carbocycles. The average Bonchev–Trinajstić information content (AvgIpc) is 2.34. The zero-order chi connectivity index (χ0) is 14.7. The summed E-state index contributed by atoms with van der Waals surface area (Å²) in [5.41, 5.74) is 2.21. The first kappa shape index (κ1) is 14.2. The van der Waals surface area contributed by atoms with Crippen LogP contribution in [-0.2, 0) is 6.54 Å². The van der Waals surface area contributed by atoms with Crippen molar-refractivity contribution in [1.29, 1.82) is 0 Å². The van der Waals surface area contributed by atoms with E-state index in [1.54, 1.807) is 12.3 Å². The Bertz CT molecular complexity index is 664. The van der Waals surface area contributed by atoms with E-state index in [2.05, 4.69) is 10.4 Å². The first-order valence-electron chi connectivity index (χ1n) is 6.54. The summed E-state index contributed by atoms with van der Waals surface area (Å²) in [4.78, 5) is 12.0. The standard InChI is InChI=1S/C15H18FN3O/c1-10(2)18-14-7-15(20)19(17-8-14)9-12-4-5-13(16)6-11(12)3/h4-8,10,18H,9H2,1-3H3. The Balaban J connectivity index is 2.23. The molecule has 2 rings (SSSR count). The summed E-state index contributed by atoms with van der Waals surface area (Å²) in [6.07, 6.45) is 1.63. The van der Waals surface area contributed by atoms with Gasteiger partial charge >= 0.3 is 0 Å². The number of benzene rings is 1. The van der Waals surface area contributed by atoms with Crippen molar-refractivity contribution in [2.24, 2.45) is 0 Å². The SMILES string of the molecule is Cc1cc(F)ccc1Cn1ncc(NC(C)C)cc1=O. The third-order valence-corrected chi connectivity index (χ3v) is 2.95. The van der Waals surface area contributed by atoms with Gasteiger partial charge in [0.15, 0.2) is 0 Å². The zero-order valence-corrected chi connectivity index (χ0v) is 11.9. The fraction of sp³-hybridized carbons (Fsp3) is 0.333. The van der Waals surface area contributed by atoms with Crippen LogP contribution >= 0.6 is 0 Å². The minimum Gasteiger partial charge on any atom is -0.381 e. The van der Waals surface area contributed by atoms with Crippen molar-refractivity contribution in [2.45, 2.75) is 33.4 Å². The third-order valence-electron chi connectivity index (χ3n) is 2.95. The maximum atomic E-state index is 13.0. The van der Waals surface area contributed by atoms with Crippen molar-refractivity contribution in [1.82, 2.24) is 9.78 Å². The maximum Gasteiger partial charge on any atom is 0.269 e. The van der Waals surface area contributed by atoms with Crippen molar-refractivity contribution in [2.75, 3.05) is 5.32 Å². The quantitative estimate of drug-likeness (QED) is 0.932. The van der Waals surface area contributed by atoms with Crippen LogP contribution in [0.3, 0.4) is 0 Å². The molecule has 0 saturated heterocycles. The highest BCUT2D eigenvalue weighted by molar-refractivity contribution is 5.39. The highest BCUT2D eigenvalue weighted by Crippen LogP contribution is 2.11. The summed E-state index contributed by atoms with van der Waals surface area (Å²) in [5.74, 6) is -0.275. The smallest absolute Gasteiger partial charge is 0.269 e. The van der Waals surface area contributed by atoms with Crippen molar-refractivity contribution in [3.05, 3.63) is 57.8 Å². The minimum atomic E-state index is -0.275. The average molecular weight is 275 g/mol. The van der Waals surface area contributed by atoms with Gasteiger partial charge in [0.25, 0.3) is 5.56 Å². The number of rotatable bonds is 4. The van der Waals surface area contributed by atoms with Gasteiger partial charge < -0.3 is 5.32 Å². The van der Waals surface area contributed by atoms with E-state index in [0.717, 1.165) is 11.1 Å². The van der Waals surface area contributed by atoms with Crippen LogP contribution in [0.25, 0.3) is 0 Å². The van der Waals surface area contributed by atoms with E-state index in [1.807, 2.05) is 20.8 Å². The first-order chi connectivity index (χ1) is 9.45. The van der Waals surface area contributed by atoms with Gasteiger partial charge in [-0.25, -0.2) is 9.07 Å². The van der Waals surface area contributed by atoms with E-state index < -0.39 is 0 Å². The lowest BCUT2D eigenvalue weighted by Crippen LogP contribution is -2.24. The molecule has 0 bridgehead atoms. The van der Waals surface area contributed by atoms with Gasteiger partial charge in [-0.05, 0) is 44.0 Å². The van der Waals surface area contributed by atoms with Crippen molar-refractivity contribution < 1.29 is 4.39 Å². The fourth-order valence-electron chi connectivity index (χ4n) is 1.96. The maximum absolute atomic E-state index is 13.0. The number of nitrogens with one attached hydrogen (secondary N) is 1. The second-order valence-electron chi connectivity index (χ2n) is 5.11. The van der Waals surface area contributed by atoms with Gasteiger partial charge in [-0.3, -0.25) is 4.79 Å². The van der Waals surface area contributed by atoms with Crippen molar-refractivity contribution in [3.8, 4) is 0 Å². The molecular formula is C15H18FN3O. The molecule has 2 aromatic rings. The van der Waals surface area contributed by atoms with Gasteiger partial charge in [0.05, 0.1) is 18.4 Å². The van der Waals surface area contributed by atoms with Gasteiger partial charge in [-0.2, -0.15) is 5.10 Å². The minimum absolute atomic E-state index is 0.181. The molecule has 4 nitrogen and oxygen atoms in total.